The molecule has 5 heteroatoms. The lowest BCUT2D eigenvalue weighted by Gasteiger charge is -2.11. The molecule has 0 heterocycles. The second-order valence-corrected chi connectivity index (χ2v) is 8.53. The summed E-state index contributed by atoms with van der Waals surface area (Å²) >= 11 is 0. The van der Waals surface area contributed by atoms with E-state index < -0.39 is 0 Å². The Hall–Kier alpha value is -4.17. The van der Waals surface area contributed by atoms with Crippen molar-refractivity contribution in [3.05, 3.63) is 102 Å². The van der Waals surface area contributed by atoms with E-state index >= 15 is 0 Å². The van der Waals surface area contributed by atoms with Crippen LogP contribution < -0.4 is 14.2 Å². The molecule has 0 saturated heterocycles. The maximum absolute atomic E-state index is 11.0. The Labute approximate surface area is 220 Å². The number of rotatable bonds is 13. The van der Waals surface area contributed by atoms with E-state index in [-0.39, 0.29) is 5.97 Å². The maximum atomic E-state index is 11.0. The summed E-state index contributed by atoms with van der Waals surface area (Å²) in [5.74, 6) is 8.53. The number of aryl methyl sites for hydroxylation is 1. The fourth-order valence-corrected chi connectivity index (χ4v) is 3.53. The zero-order valence-electron chi connectivity index (χ0n) is 21.6. The van der Waals surface area contributed by atoms with Crippen LogP contribution in [0.2, 0.25) is 0 Å². The van der Waals surface area contributed by atoms with Gasteiger partial charge in [-0.2, -0.15) is 0 Å². The number of ether oxygens (including phenoxy) is 4. The quantitative estimate of drug-likeness (QED) is 0.114. The van der Waals surface area contributed by atoms with Crippen molar-refractivity contribution in [2.75, 3.05) is 20.3 Å². The summed E-state index contributed by atoms with van der Waals surface area (Å²) in [5, 5.41) is 0. The van der Waals surface area contributed by atoms with Crippen LogP contribution in [-0.2, 0) is 16.1 Å². The smallest absolute Gasteiger partial charge is 0.330 e. The summed E-state index contributed by atoms with van der Waals surface area (Å²) in [6.45, 7) is 6.99. The summed E-state index contributed by atoms with van der Waals surface area (Å²) in [5.41, 5.74) is 4.00. The molecule has 0 aliphatic carbocycles. The number of hydrogen-bond donors (Lipinski definition) is 0. The monoisotopic (exact) mass is 498 g/mol. The fourth-order valence-electron chi connectivity index (χ4n) is 3.53. The molecule has 0 spiro atoms. The molecular weight excluding hydrogens is 464 g/mol. The van der Waals surface area contributed by atoms with Crippen LogP contribution >= 0.6 is 0 Å². The first-order valence-electron chi connectivity index (χ1n) is 12.5. The Morgan fingerprint density at radius 1 is 0.811 bits per heavy atom. The molecule has 0 aromatic heterocycles. The van der Waals surface area contributed by atoms with Crippen LogP contribution in [0, 0.1) is 18.8 Å². The number of benzene rings is 3. The summed E-state index contributed by atoms with van der Waals surface area (Å²) in [7, 11) is 1.65. The van der Waals surface area contributed by atoms with E-state index in [1.54, 1.807) is 7.11 Å². The lowest BCUT2D eigenvalue weighted by atomic mass is 10.1. The molecule has 3 rings (SSSR count). The first kappa shape index (κ1) is 27.4. The van der Waals surface area contributed by atoms with Gasteiger partial charge in [0.15, 0.2) is 0 Å². The van der Waals surface area contributed by atoms with Gasteiger partial charge < -0.3 is 18.9 Å². The maximum Gasteiger partial charge on any atom is 0.330 e. The predicted octanol–water partition coefficient (Wildman–Crippen LogP) is 6.65. The summed E-state index contributed by atoms with van der Waals surface area (Å²) in [6, 6.07) is 21.7. The summed E-state index contributed by atoms with van der Waals surface area (Å²) in [4.78, 5) is 11.0. The third-order valence-electron chi connectivity index (χ3n) is 5.65. The van der Waals surface area contributed by atoms with Gasteiger partial charge in [-0.3, -0.25) is 0 Å². The van der Waals surface area contributed by atoms with Crippen LogP contribution in [0.25, 0.3) is 0 Å². The van der Waals surface area contributed by atoms with Crippen molar-refractivity contribution in [1.82, 2.24) is 0 Å². The molecule has 0 saturated carbocycles. The van der Waals surface area contributed by atoms with Crippen molar-refractivity contribution < 1.29 is 23.7 Å². The third kappa shape index (κ3) is 9.77. The Morgan fingerprint density at radius 3 is 2.14 bits per heavy atom. The Bertz CT molecular complexity index is 1200. The SMILES string of the molecule is C=CC(=O)OCCCCCCOc1ccc(COc2ccc(C#Cc3ccc(OC)cc3)cc2C)cc1. The second-order valence-electron chi connectivity index (χ2n) is 8.53. The largest absolute Gasteiger partial charge is 0.497 e. The molecule has 0 unspecified atom stereocenters. The lowest BCUT2D eigenvalue weighted by molar-refractivity contribution is -0.137. The van der Waals surface area contributed by atoms with Crippen LogP contribution in [0.3, 0.4) is 0 Å². The molecule has 0 aliphatic heterocycles. The number of carbonyl (C=O) groups is 1. The standard InChI is InChI=1S/C32H34O5/c1-4-32(33)36-22-8-6-5-7-21-35-30-18-13-28(14-19-30)24-37-31-20-15-27(23-25(31)2)10-9-26-11-16-29(34-3)17-12-26/h4,11-20,23H,1,5-8,21-22,24H2,2-3H3. The number of carbonyl (C=O) groups excluding carboxylic acids is 1. The summed E-state index contributed by atoms with van der Waals surface area (Å²) < 4.78 is 22.0. The zero-order valence-corrected chi connectivity index (χ0v) is 21.6. The lowest BCUT2D eigenvalue weighted by Crippen LogP contribution is -2.02. The number of esters is 1. The van der Waals surface area contributed by atoms with Gasteiger partial charge in [0.1, 0.15) is 23.9 Å². The number of hydrogen-bond acceptors (Lipinski definition) is 5. The van der Waals surface area contributed by atoms with Crippen molar-refractivity contribution in [3.63, 3.8) is 0 Å². The Kier molecular flexibility index (Phi) is 11.2. The number of methoxy groups -OCH3 is 1. The molecule has 0 aliphatic rings. The highest BCUT2D eigenvalue weighted by Gasteiger charge is 2.03. The minimum atomic E-state index is -0.364. The molecule has 0 amide bonds. The van der Waals surface area contributed by atoms with Crippen LogP contribution in [0.5, 0.6) is 17.2 Å². The van der Waals surface area contributed by atoms with Gasteiger partial charge in [-0.1, -0.05) is 30.6 Å². The molecule has 3 aromatic carbocycles. The fraction of sp³-hybridized carbons (Fsp3) is 0.281. The molecule has 0 radical (unpaired) electrons. The van der Waals surface area contributed by atoms with Crippen LogP contribution in [-0.4, -0.2) is 26.3 Å². The van der Waals surface area contributed by atoms with Crippen molar-refractivity contribution >= 4 is 5.97 Å². The molecule has 0 fully saturated rings. The van der Waals surface area contributed by atoms with Gasteiger partial charge in [0, 0.05) is 17.2 Å². The van der Waals surface area contributed by atoms with E-state index in [4.69, 9.17) is 18.9 Å². The van der Waals surface area contributed by atoms with E-state index in [1.807, 2.05) is 73.7 Å². The van der Waals surface area contributed by atoms with Gasteiger partial charge in [0.2, 0.25) is 0 Å². The molecular formula is C32H34O5. The van der Waals surface area contributed by atoms with Crippen molar-refractivity contribution in [2.24, 2.45) is 0 Å². The van der Waals surface area contributed by atoms with Crippen LogP contribution in [0.15, 0.2) is 79.4 Å². The van der Waals surface area contributed by atoms with E-state index in [0.717, 1.165) is 65.2 Å². The van der Waals surface area contributed by atoms with Crippen molar-refractivity contribution in [3.8, 4) is 29.1 Å². The molecule has 5 nitrogen and oxygen atoms in total. The second kappa shape index (κ2) is 15.1. The first-order chi connectivity index (χ1) is 18.1. The molecule has 0 bridgehead atoms. The highest BCUT2D eigenvalue weighted by molar-refractivity contribution is 5.81. The summed E-state index contributed by atoms with van der Waals surface area (Å²) in [6.07, 6.45) is 5.03. The van der Waals surface area contributed by atoms with Gasteiger partial charge in [-0.05, 0) is 98.3 Å². The average Bonchev–Trinajstić information content (AvgIpc) is 2.93. The molecule has 0 atom stereocenters. The Morgan fingerprint density at radius 2 is 1.46 bits per heavy atom. The Balaban J connectivity index is 1.38. The topological polar surface area (TPSA) is 54.0 Å². The van der Waals surface area contributed by atoms with Gasteiger partial charge in [0.05, 0.1) is 20.3 Å². The van der Waals surface area contributed by atoms with Crippen LogP contribution in [0.1, 0.15) is 47.9 Å². The van der Waals surface area contributed by atoms with Gasteiger partial charge >= 0.3 is 5.97 Å². The molecule has 3 aromatic rings. The molecule has 192 valence electrons. The van der Waals surface area contributed by atoms with Gasteiger partial charge in [-0.25, -0.2) is 4.79 Å². The highest BCUT2D eigenvalue weighted by Crippen LogP contribution is 2.21. The van der Waals surface area contributed by atoms with E-state index in [2.05, 4.69) is 18.4 Å². The van der Waals surface area contributed by atoms with E-state index in [0.29, 0.717) is 19.8 Å². The van der Waals surface area contributed by atoms with Gasteiger partial charge in [0.25, 0.3) is 0 Å². The number of unbranched alkanes of at least 4 members (excludes halogenated alkanes) is 3. The molecule has 37 heavy (non-hydrogen) atoms. The highest BCUT2D eigenvalue weighted by atomic mass is 16.5. The third-order valence-corrected chi connectivity index (χ3v) is 5.65. The van der Waals surface area contributed by atoms with Crippen molar-refractivity contribution in [1.29, 1.82) is 0 Å². The predicted molar refractivity (Wildman–Crippen MR) is 146 cm³/mol. The van der Waals surface area contributed by atoms with E-state index in [9.17, 15) is 4.79 Å². The van der Waals surface area contributed by atoms with Gasteiger partial charge in [-0.15, -0.1) is 0 Å². The molecule has 0 N–H and O–H groups in total. The first-order valence-corrected chi connectivity index (χ1v) is 12.5. The van der Waals surface area contributed by atoms with Crippen LogP contribution in [0.4, 0.5) is 0 Å². The minimum Gasteiger partial charge on any atom is -0.497 e. The van der Waals surface area contributed by atoms with E-state index in [1.165, 1.54) is 6.08 Å². The normalized spacial score (nSPS) is 10.1. The van der Waals surface area contributed by atoms with Crippen molar-refractivity contribution in [2.45, 2.75) is 39.2 Å². The average molecular weight is 499 g/mol. The zero-order chi connectivity index (χ0) is 26.3. The minimum absolute atomic E-state index is 0.364.